The molecule has 14 heteroatoms. The van der Waals surface area contributed by atoms with Crippen LogP contribution in [0.5, 0.6) is 0 Å². The second-order valence-corrected chi connectivity index (χ2v) is 14.9. The maximum atomic E-state index is 14.4. The first-order valence-corrected chi connectivity index (χ1v) is 20.2. The third kappa shape index (κ3) is 8.87. The van der Waals surface area contributed by atoms with Crippen molar-refractivity contribution < 1.29 is 28.7 Å². The Balaban J connectivity index is 1.02. The SMILES string of the molecule is CCCN(Cc1ncc(-c2ccc3cc(-c4ccc(-c5cnc(CN(CCC)C(=O)C6(NC(=O)OC)CCc7ccccc76)[nH]5)cc4)ccc3c2)[nH]1)C(=O)CNC(=O)OC. The van der Waals surface area contributed by atoms with E-state index in [2.05, 4.69) is 96.0 Å². The molecular weight excluding hydrogens is 761 g/mol. The van der Waals surface area contributed by atoms with Crippen LogP contribution in [0.3, 0.4) is 0 Å². The van der Waals surface area contributed by atoms with E-state index in [4.69, 9.17) is 4.74 Å². The van der Waals surface area contributed by atoms with Gasteiger partial charge < -0.3 is 39.9 Å². The Morgan fingerprint density at radius 1 is 0.700 bits per heavy atom. The molecule has 60 heavy (non-hydrogen) atoms. The fourth-order valence-electron chi connectivity index (χ4n) is 7.90. The van der Waals surface area contributed by atoms with Gasteiger partial charge in [-0.1, -0.05) is 86.6 Å². The topological polar surface area (TPSA) is 175 Å². The first kappa shape index (κ1) is 41.2. The van der Waals surface area contributed by atoms with Gasteiger partial charge in [-0.2, -0.15) is 0 Å². The van der Waals surface area contributed by atoms with E-state index in [1.165, 1.54) is 14.2 Å². The summed E-state index contributed by atoms with van der Waals surface area (Å²) in [6, 6.07) is 28.7. The van der Waals surface area contributed by atoms with Crippen LogP contribution < -0.4 is 10.6 Å². The smallest absolute Gasteiger partial charge is 0.407 e. The van der Waals surface area contributed by atoms with Crippen molar-refractivity contribution in [3.8, 4) is 33.6 Å². The summed E-state index contributed by atoms with van der Waals surface area (Å²) in [7, 11) is 2.56. The number of H-pyrrole nitrogens is 2. The first-order chi connectivity index (χ1) is 29.1. The first-order valence-electron chi connectivity index (χ1n) is 20.2. The number of benzene rings is 4. The number of alkyl carbamates (subject to hydrolysis) is 2. The molecule has 1 aliphatic carbocycles. The minimum Gasteiger partial charge on any atom is -0.453 e. The van der Waals surface area contributed by atoms with E-state index >= 15 is 0 Å². The molecule has 0 fully saturated rings. The lowest BCUT2D eigenvalue weighted by Gasteiger charge is -2.35. The highest BCUT2D eigenvalue weighted by Gasteiger charge is 2.48. The van der Waals surface area contributed by atoms with Crippen molar-refractivity contribution in [1.29, 1.82) is 0 Å². The van der Waals surface area contributed by atoms with Gasteiger partial charge in [-0.25, -0.2) is 19.6 Å². The second-order valence-electron chi connectivity index (χ2n) is 14.9. The van der Waals surface area contributed by atoms with Crippen molar-refractivity contribution in [2.45, 2.75) is 58.2 Å². The van der Waals surface area contributed by atoms with Crippen molar-refractivity contribution in [2.75, 3.05) is 33.9 Å². The van der Waals surface area contributed by atoms with Gasteiger partial charge in [-0.15, -0.1) is 0 Å². The zero-order valence-electron chi connectivity index (χ0n) is 34.3. The number of carbonyl (C=O) groups is 4. The van der Waals surface area contributed by atoms with E-state index in [0.29, 0.717) is 44.1 Å². The number of amides is 4. The Morgan fingerprint density at radius 3 is 1.93 bits per heavy atom. The van der Waals surface area contributed by atoms with Crippen LogP contribution in [0.1, 0.15) is 55.9 Å². The zero-order chi connectivity index (χ0) is 42.2. The molecule has 0 radical (unpaired) electrons. The van der Waals surface area contributed by atoms with Crippen LogP contribution in [-0.2, 0) is 44.1 Å². The molecule has 310 valence electrons. The number of methoxy groups -OCH3 is 2. The molecule has 2 heterocycles. The van der Waals surface area contributed by atoms with Crippen LogP contribution in [0.2, 0.25) is 0 Å². The standard InChI is InChI=1S/C46H50N8O6/c1-5-21-53(42(55)27-49-44(57)59-3)28-40-48-26-39(51-40)36-18-17-34-23-33(15-16-35(34)24-36)30-11-13-32(14-12-30)38-25-47-41(50-38)29-54(22-6-2)43(56)46(52-45(58)60-4)20-19-31-9-7-8-10-37(31)46/h7-18,23-26H,5-6,19-22,27-29H2,1-4H3,(H,47,50)(H,48,51)(H,49,57)(H,52,58). The number of nitrogens with one attached hydrogen (secondary N) is 4. The van der Waals surface area contributed by atoms with E-state index < -0.39 is 17.7 Å². The lowest BCUT2D eigenvalue weighted by atomic mass is 9.89. The lowest BCUT2D eigenvalue weighted by Crippen LogP contribution is -2.56. The average molecular weight is 811 g/mol. The number of hydrogen-bond donors (Lipinski definition) is 4. The van der Waals surface area contributed by atoms with Crippen molar-refractivity contribution in [3.05, 3.63) is 120 Å². The van der Waals surface area contributed by atoms with Gasteiger partial charge in [-0.3, -0.25) is 9.59 Å². The Bertz CT molecular complexity index is 2490. The number of imidazole rings is 2. The summed E-state index contributed by atoms with van der Waals surface area (Å²) in [6.45, 7) is 5.43. The van der Waals surface area contributed by atoms with Crippen LogP contribution in [0.15, 0.2) is 97.3 Å². The molecule has 4 aromatic carbocycles. The molecule has 1 unspecified atom stereocenters. The molecule has 1 atom stereocenters. The molecule has 4 amide bonds. The van der Waals surface area contributed by atoms with Crippen LogP contribution in [0.4, 0.5) is 9.59 Å². The number of aromatic amines is 2. The third-order valence-corrected chi connectivity index (χ3v) is 10.9. The van der Waals surface area contributed by atoms with Gasteiger partial charge in [0, 0.05) is 18.7 Å². The molecule has 0 aliphatic heterocycles. The van der Waals surface area contributed by atoms with Crippen LogP contribution in [0.25, 0.3) is 44.4 Å². The molecule has 1 aliphatic rings. The highest BCUT2D eigenvalue weighted by atomic mass is 16.5. The maximum absolute atomic E-state index is 14.4. The van der Waals surface area contributed by atoms with Gasteiger partial charge in [0.05, 0.1) is 51.1 Å². The number of hydrogen-bond acceptors (Lipinski definition) is 8. The Labute approximate surface area is 348 Å². The minimum absolute atomic E-state index is 0.150. The van der Waals surface area contributed by atoms with Crippen molar-refractivity contribution >= 4 is 34.8 Å². The third-order valence-electron chi connectivity index (χ3n) is 10.9. The Kier molecular flexibility index (Phi) is 12.6. The average Bonchev–Trinajstić information content (AvgIpc) is 4.04. The lowest BCUT2D eigenvalue weighted by molar-refractivity contribution is -0.139. The predicted octanol–water partition coefficient (Wildman–Crippen LogP) is 7.32. The van der Waals surface area contributed by atoms with Gasteiger partial charge >= 0.3 is 12.2 Å². The predicted molar refractivity (Wildman–Crippen MR) is 228 cm³/mol. The molecule has 2 aromatic heterocycles. The van der Waals surface area contributed by atoms with Gasteiger partial charge in [0.15, 0.2) is 0 Å². The fraction of sp³-hybridized carbons (Fsp3) is 0.304. The van der Waals surface area contributed by atoms with Crippen LogP contribution in [0, 0.1) is 0 Å². The number of fused-ring (bicyclic) bond motifs is 2. The number of carbonyl (C=O) groups excluding carboxylic acids is 4. The van der Waals surface area contributed by atoms with Gasteiger partial charge in [0.1, 0.15) is 23.7 Å². The molecule has 0 bridgehead atoms. The van der Waals surface area contributed by atoms with Crippen molar-refractivity contribution in [1.82, 2.24) is 40.4 Å². The highest BCUT2D eigenvalue weighted by Crippen LogP contribution is 2.39. The summed E-state index contributed by atoms with van der Waals surface area (Å²) in [6.07, 6.45) is 4.89. The van der Waals surface area contributed by atoms with E-state index in [1.54, 1.807) is 22.2 Å². The molecule has 0 spiro atoms. The van der Waals surface area contributed by atoms with Gasteiger partial charge in [0.25, 0.3) is 5.91 Å². The molecule has 4 N–H and O–H groups in total. The van der Waals surface area contributed by atoms with E-state index in [1.807, 2.05) is 38.1 Å². The zero-order valence-corrected chi connectivity index (χ0v) is 34.3. The minimum atomic E-state index is -1.21. The fourth-order valence-corrected chi connectivity index (χ4v) is 7.90. The van der Waals surface area contributed by atoms with Crippen molar-refractivity contribution in [2.24, 2.45) is 0 Å². The molecule has 0 saturated heterocycles. The van der Waals surface area contributed by atoms with E-state index in [-0.39, 0.29) is 24.9 Å². The largest absolute Gasteiger partial charge is 0.453 e. The van der Waals surface area contributed by atoms with Crippen molar-refractivity contribution in [3.63, 3.8) is 0 Å². The van der Waals surface area contributed by atoms with Gasteiger partial charge in [-0.05, 0) is 76.4 Å². The van der Waals surface area contributed by atoms with Crippen LogP contribution in [-0.4, -0.2) is 87.6 Å². The van der Waals surface area contributed by atoms with Crippen LogP contribution >= 0.6 is 0 Å². The number of rotatable bonds is 15. The summed E-state index contributed by atoms with van der Waals surface area (Å²) in [5.74, 6) is 0.895. The number of aryl methyl sites for hydroxylation is 1. The number of ether oxygens (including phenoxy) is 2. The maximum Gasteiger partial charge on any atom is 0.407 e. The van der Waals surface area contributed by atoms with E-state index in [9.17, 15) is 19.2 Å². The molecule has 14 nitrogen and oxygen atoms in total. The Hall–Kier alpha value is -6.96. The second kappa shape index (κ2) is 18.3. The molecular formula is C46H50N8O6. The van der Waals surface area contributed by atoms with Gasteiger partial charge in [0.2, 0.25) is 5.91 Å². The summed E-state index contributed by atoms with van der Waals surface area (Å²) in [5, 5.41) is 7.51. The molecule has 6 aromatic rings. The number of aromatic nitrogens is 4. The monoisotopic (exact) mass is 810 g/mol. The molecule has 0 saturated carbocycles. The quantitative estimate of drug-likeness (QED) is 0.0835. The number of nitrogens with zero attached hydrogens (tertiary/aromatic N) is 4. The highest BCUT2D eigenvalue weighted by molar-refractivity contribution is 5.93. The molecule has 7 rings (SSSR count). The summed E-state index contributed by atoms with van der Waals surface area (Å²) in [5.41, 5.74) is 6.38. The Morgan fingerprint density at radius 2 is 1.27 bits per heavy atom. The van der Waals surface area contributed by atoms with E-state index in [0.717, 1.165) is 68.4 Å². The summed E-state index contributed by atoms with van der Waals surface area (Å²) < 4.78 is 9.54. The normalized spacial score (nSPS) is 14.3. The summed E-state index contributed by atoms with van der Waals surface area (Å²) >= 11 is 0. The summed E-state index contributed by atoms with van der Waals surface area (Å²) in [4.78, 5) is 70.5.